The number of non-ortho nitro benzene ring substituents is 1. The van der Waals surface area contributed by atoms with Crippen LogP contribution in [0.1, 0.15) is 24.2 Å². The maximum absolute atomic E-state index is 12.3. The van der Waals surface area contributed by atoms with E-state index in [9.17, 15) is 19.7 Å². The number of para-hydroxylation sites is 2. The summed E-state index contributed by atoms with van der Waals surface area (Å²) >= 11 is 0. The van der Waals surface area contributed by atoms with Crippen molar-refractivity contribution in [2.24, 2.45) is 0 Å². The molecule has 3 amide bonds. The Labute approximate surface area is 144 Å². The number of carbonyl (C=O) groups excluding carboxylic acids is 2. The number of amides is 3. The summed E-state index contributed by atoms with van der Waals surface area (Å²) in [6.07, 6.45) is 0. The Morgan fingerprint density at radius 1 is 0.960 bits per heavy atom. The fourth-order valence-corrected chi connectivity index (χ4v) is 2.05. The monoisotopic (exact) mass is 342 g/mol. The summed E-state index contributed by atoms with van der Waals surface area (Å²) in [5.74, 6) is -0.437. The first kappa shape index (κ1) is 17.9. The van der Waals surface area contributed by atoms with Crippen molar-refractivity contribution in [1.82, 2.24) is 5.32 Å². The van der Waals surface area contributed by atoms with Crippen LogP contribution in [-0.2, 0) is 0 Å². The molecule has 0 saturated heterocycles. The smallest absolute Gasteiger partial charge is 0.319 e. The summed E-state index contributed by atoms with van der Waals surface area (Å²) in [6, 6.07) is 11.6. The third-order valence-electron chi connectivity index (χ3n) is 3.18. The van der Waals surface area contributed by atoms with Gasteiger partial charge in [-0.3, -0.25) is 14.9 Å². The number of nitro benzene ring substituents is 1. The van der Waals surface area contributed by atoms with E-state index in [0.29, 0.717) is 11.4 Å². The van der Waals surface area contributed by atoms with E-state index in [-0.39, 0.29) is 23.3 Å². The van der Waals surface area contributed by atoms with Gasteiger partial charge in [-0.2, -0.15) is 0 Å². The lowest BCUT2D eigenvalue weighted by atomic mass is 10.2. The first-order valence-corrected chi connectivity index (χ1v) is 7.59. The molecule has 0 aliphatic rings. The minimum atomic E-state index is -0.533. The third-order valence-corrected chi connectivity index (χ3v) is 3.18. The zero-order chi connectivity index (χ0) is 18.4. The van der Waals surface area contributed by atoms with Crippen molar-refractivity contribution in [3.8, 4) is 0 Å². The number of nitrogens with zero attached hydrogens (tertiary/aromatic N) is 1. The normalized spacial score (nSPS) is 10.2. The highest BCUT2D eigenvalue weighted by atomic mass is 16.6. The molecule has 0 spiro atoms. The van der Waals surface area contributed by atoms with Gasteiger partial charge < -0.3 is 16.0 Å². The molecular formula is C17H18N4O4. The van der Waals surface area contributed by atoms with Crippen LogP contribution >= 0.6 is 0 Å². The minimum Gasteiger partial charge on any atom is -0.336 e. The minimum absolute atomic E-state index is 0.0261. The predicted octanol–water partition coefficient (Wildman–Crippen LogP) is 3.38. The van der Waals surface area contributed by atoms with Crippen LogP contribution in [0.2, 0.25) is 0 Å². The molecule has 0 bridgehead atoms. The number of benzene rings is 2. The van der Waals surface area contributed by atoms with Crippen LogP contribution in [-0.4, -0.2) is 22.9 Å². The molecule has 2 aromatic carbocycles. The largest absolute Gasteiger partial charge is 0.336 e. The van der Waals surface area contributed by atoms with Crippen LogP contribution in [0.5, 0.6) is 0 Å². The number of anilines is 2. The summed E-state index contributed by atoms with van der Waals surface area (Å²) in [7, 11) is 0. The second-order valence-electron chi connectivity index (χ2n) is 5.56. The first-order chi connectivity index (χ1) is 11.9. The van der Waals surface area contributed by atoms with E-state index in [1.165, 1.54) is 24.3 Å². The topological polar surface area (TPSA) is 113 Å². The number of nitrogens with one attached hydrogen (secondary N) is 3. The molecule has 0 aromatic heterocycles. The van der Waals surface area contributed by atoms with E-state index in [2.05, 4.69) is 16.0 Å². The molecular weight excluding hydrogens is 324 g/mol. The average Bonchev–Trinajstić information content (AvgIpc) is 2.56. The Morgan fingerprint density at radius 3 is 2.04 bits per heavy atom. The molecule has 0 heterocycles. The van der Waals surface area contributed by atoms with Crippen LogP contribution < -0.4 is 16.0 Å². The van der Waals surface area contributed by atoms with Gasteiger partial charge in [0.15, 0.2) is 0 Å². The van der Waals surface area contributed by atoms with Crippen LogP contribution in [0.4, 0.5) is 21.9 Å². The highest BCUT2D eigenvalue weighted by Gasteiger charge is 2.13. The Balaban J connectivity index is 2.12. The lowest BCUT2D eigenvalue weighted by molar-refractivity contribution is -0.384. The zero-order valence-corrected chi connectivity index (χ0v) is 13.8. The Hall–Kier alpha value is -3.42. The molecule has 0 unspecified atom stereocenters. The van der Waals surface area contributed by atoms with Gasteiger partial charge in [0.1, 0.15) is 0 Å². The maximum atomic E-state index is 12.3. The molecule has 8 heteroatoms. The number of hydrogen-bond donors (Lipinski definition) is 3. The maximum Gasteiger partial charge on any atom is 0.319 e. The summed E-state index contributed by atoms with van der Waals surface area (Å²) in [4.78, 5) is 34.3. The van der Waals surface area contributed by atoms with E-state index < -0.39 is 10.8 Å². The van der Waals surface area contributed by atoms with Gasteiger partial charge in [-0.15, -0.1) is 0 Å². The highest BCUT2D eigenvalue weighted by molar-refractivity contribution is 6.07. The van der Waals surface area contributed by atoms with Crippen molar-refractivity contribution in [2.45, 2.75) is 19.9 Å². The molecule has 25 heavy (non-hydrogen) atoms. The van der Waals surface area contributed by atoms with Crippen LogP contribution in [0.15, 0.2) is 48.5 Å². The molecule has 0 radical (unpaired) electrons. The lowest BCUT2D eigenvalue weighted by Crippen LogP contribution is -2.34. The number of rotatable bonds is 5. The summed E-state index contributed by atoms with van der Waals surface area (Å²) < 4.78 is 0. The first-order valence-electron chi connectivity index (χ1n) is 7.59. The van der Waals surface area contributed by atoms with Gasteiger partial charge in [0.2, 0.25) is 0 Å². The predicted molar refractivity (Wildman–Crippen MR) is 94.8 cm³/mol. The van der Waals surface area contributed by atoms with E-state index in [0.717, 1.165) is 0 Å². The Bertz CT molecular complexity index is 787. The van der Waals surface area contributed by atoms with Crippen molar-refractivity contribution < 1.29 is 14.5 Å². The molecule has 0 fully saturated rings. The summed E-state index contributed by atoms with van der Waals surface area (Å²) in [5, 5.41) is 18.7. The van der Waals surface area contributed by atoms with Gasteiger partial charge in [0, 0.05) is 23.7 Å². The summed E-state index contributed by atoms with van der Waals surface area (Å²) in [6.45, 7) is 3.67. The van der Waals surface area contributed by atoms with Crippen LogP contribution in [0.25, 0.3) is 0 Å². The molecule has 0 aliphatic carbocycles. The molecule has 3 N–H and O–H groups in total. The quantitative estimate of drug-likeness (QED) is 0.571. The number of hydrogen-bond acceptors (Lipinski definition) is 4. The Morgan fingerprint density at radius 2 is 1.52 bits per heavy atom. The Kier molecular flexibility index (Phi) is 5.67. The van der Waals surface area contributed by atoms with E-state index in [1.807, 2.05) is 13.8 Å². The van der Waals surface area contributed by atoms with Crippen LogP contribution in [0, 0.1) is 10.1 Å². The SMILES string of the molecule is CC(C)NC(=O)Nc1ccccc1NC(=O)c1ccc([N+](=O)[O-])cc1. The van der Waals surface area contributed by atoms with Gasteiger partial charge in [-0.1, -0.05) is 12.1 Å². The zero-order valence-electron chi connectivity index (χ0n) is 13.8. The molecule has 2 rings (SSSR count). The molecule has 8 nitrogen and oxygen atoms in total. The van der Waals surface area contributed by atoms with Gasteiger partial charge in [-0.05, 0) is 38.1 Å². The second kappa shape index (κ2) is 7.91. The fourth-order valence-electron chi connectivity index (χ4n) is 2.05. The van der Waals surface area contributed by atoms with Crippen molar-refractivity contribution >= 4 is 29.0 Å². The second-order valence-corrected chi connectivity index (χ2v) is 5.56. The number of carbonyl (C=O) groups is 2. The third kappa shape index (κ3) is 5.03. The van der Waals surface area contributed by atoms with Crippen LogP contribution in [0.3, 0.4) is 0 Å². The number of nitro groups is 1. The average molecular weight is 342 g/mol. The molecule has 0 atom stereocenters. The van der Waals surface area contributed by atoms with E-state index in [1.54, 1.807) is 24.3 Å². The van der Waals surface area contributed by atoms with Gasteiger partial charge in [0.25, 0.3) is 11.6 Å². The fraction of sp³-hybridized carbons (Fsp3) is 0.176. The standard InChI is InChI=1S/C17H18N4O4/c1-11(2)18-17(23)20-15-6-4-3-5-14(15)19-16(22)12-7-9-13(10-8-12)21(24)25/h3-11H,1-2H3,(H,19,22)(H2,18,20,23). The van der Waals surface area contributed by atoms with Crippen molar-refractivity contribution in [3.05, 3.63) is 64.2 Å². The van der Waals surface area contributed by atoms with Crippen molar-refractivity contribution in [3.63, 3.8) is 0 Å². The van der Waals surface area contributed by atoms with Crippen molar-refractivity contribution in [1.29, 1.82) is 0 Å². The molecule has 130 valence electrons. The van der Waals surface area contributed by atoms with Gasteiger partial charge in [-0.25, -0.2) is 4.79 Å². The highest BCUT2D eigenvalue weighted by Crippen LogP contribution is 2.22. The molecule has 2 aromatic rings. The number of urea groups is 1. The van der Waals surface area contributed by atoms with E-state index in [4.69, 9.17) is 0 Å². The van der Waals surface area contributed by atoms with Crippen molar-refractivity contribution in [2.75, 3.05) is 10.6 Å². The van der Waals surface area contributed by atoms with Gasteiger partial charge in [0.05, 0.1) is 16.3 Å². The molecule has 0 aliphatic heterocycles. The lowest BCUT2D eigenvalue weighted by Gasteiger charge is -2.14. The summed E-state index contributed by atoms with van der Waals surface area (Å²) in [5.41, 5.74) is 1.04. The van der Waals surface area contributed by atoms with Gasteiger partial charge >= 0.3 is 6.03 Å². The van der Waals surface area contributed by atoms with E-state index >= 15 is 0 Å². The molecule has 0 saturated carbocycles.